The molecule has 7 heteroatoms. The van der Waals surface area contributed by atoms with Gasteiger partial charge in [0.25, 0.3) is 11.9 Å². The average molecular weight is 344 g/mol. The number of pyridine rings is 1. The molecule has 0 bridgehead atoms. The topological polar surface area (TPSA) is 96.5 Å². The number of tetrazole rings is 1. The first-order valence-electron chi connectivity index (χ1n) is 8.14. The Kier molecular flexibility index (Phi) is 3.89. The smallest absolute Gasteiger partial charge is 0.270 e. The van der Waals surface area contributed by atoms with Gasteiger partial charge in [0.2, 0.25) is 0 Å². The molecular weight excluding hydrogens is 328 g/mol. The summed E-state index contributed by atoms with van der Waals surface area (Å²) in [4.78, 5) is 17.7. The van der Waals surface area contributed by atoms with Gasteiger partial charge in [-0.05, 0) is 30.7 Å². The van der Waals surface area contributed by atoms with Gasteiger partial charge >= 0.3 is 0 Å². The highest BCUT2D eigenvalue weighted by atomic mass is 16.1. The summed E-state index contributed by atoms with van der Waals surface area (Å²) in [6, 6.07) is 15.7. The van der Waals surface area contributed by atoms with Gasteiger partial charge in [-0.1, -0.05) is 53.1 Å². The number of hydrogen-bond acceptors (Lipinski definition) is 5. The van der Waals surface area contributed by atoms with E-state index in [4.69, 9.17) is 4.98 Å². The van der Waals surface area contributed by atoms with Crippen LogP contribution < -0.4 is 5.32 Å². The summed E-state index contributed by atoms with van der Waals surface area (Å²) < 4.78 is 0. The molecule has 0 aliphatic carbocycles. The van der Waals surface area contributed by atoms with Crippen molar-refractivity contribution in [2.24, 2.45) is 0 Å². The molecule has 0 aliphatic heterocycles. The van der Waals surface area contributed by atoms with E-state index in [1.807, 2.05) is 62.4 Å². The van der Waals surface area contributed by atoms with E-state index in [1.54, 1.807) is 0 Å². The van der Waals surface area contributed by atoms with Crippen LogP contribution in [0, 0.1) is 13.8 Å². The van der Waals surface area contributed by atoms with Gasteiger partial charge in [0.15, 0.2) is 0 Å². The predicted octanol–water partition coefficient (Wildman–Crippen LogP) is 3.28. The number of nitrogens with one attached hydrogen (secondary N) is 2. The van der Waals surface area contributed by atoms with Crippen molar-refractivity contribution in [3.05, 3.63) is 65.2 Å². The van der Waals surface area contributed by atoms with E-state index in [9.17, 15) is 4.79 Å². The van der Waals surface area contributed by atoms with Crippen molar-refractivity contribution >= 4 is 22.8 Å². The van der Waals surface area contributed by atoms with Gasteiger partial charge in [0, 0.05) is 10.9 Å². The van der Waals surface area contributed by atoms with Crippen molar-refractivity contribution in [1.82, 2.24) is 25.6 Å². The Morgan fingerprint density at radius 1 is 1.04 bits per heavy atom. The lowest BCUT2D eigenvalue weighted by atomic mass is 9.97. The van der Waals surface area contributed by atoms with E-state index >= 15 is 0 Å². The van der Waals surface area contributed by atoms with Crippen LogP contribution in [0.2, 0.25) is 0 Å². The number of amides is 1. The van der Waals surface area contributed by atoms with Gasteiger partial charge in [-0.25, -0.2) is 4.98 Å². The van der Waals surface area contributed by atoms with Crippen LogP contribution in [-0.2, 0) is 0 Å². The van der Waals surface area contributed by atoms with Crippen LogP contribution in [0.25, 0.3) is 22.2 Å². The number of anilines is 1. The third-order valence-corrected chi connectivity index (χ3v) is 4.26. The zero-order chi connectivity index (χ0) is 18.1. The lowest BCUT2D eigenvalue weighted by molar-refractivity contribution is 0.102. The lowest BCUT2D eigenvalue weighted by Crippen LogP contribution is -2.16. The second-order valence-electron chi connectivity index (χ2n) is 6.03. The van der Waals surface area contributed by atoms with Crippen LogP contribution in [-0.4, -0.2) is 31.5 Å². The summed E-state index contributed by atoms with van der Waals surface area (Å²) in [5, 5.41) is 16.8. The van der Waals surface area contributed by atoms with Crippen molar-refractivity contribution in [2.75, 3.05) is 5.32 Å². The van der Waals surface area contributed by atoms with E-state index in [2.05, 4.69) is 25.9 Å². The first kappa shape index (κ1) is 15.9. The van der Waals surface area contributed by atoms with Gasteiger partial charge in [-0.15, -0.1) is 5.10 Å². The monoisotopic (exact) mass is 344 g/mol. The highest BCUT2D eigenvalue weighted by Crippen LogP contribution is 2.30. The van der Waals surface area contributed by atoms with Crippen LogP contribution in [0.4, 0.5) is 5.95 Å². The number of carbonyl (C=O) groups excluding carboxylic acids is 1. The zero-order valence-corrected chi connectivity index (χ0v) is 14.3. The van der Waals surface area contributed by atoms with Crippen molar-refractivity contribution < 1.29 is 4.79 Å². The Morgan fingerprint density at radius 2 is 1.81 bits per heavy atom. The fraction of sp³-hybridized carbons (Fsp3) is 0.105. The number of nitrogens with zero attached hydrogens (tertiary/aromatic N) is 4. The minimum atomic E-state index is -0.295. The largest absolute Gasteiger partial charge is 0.288 e. The molecule has 0 spiro atoms. The molecule has 0 fully saturated rings. The van der Waals surface area contributed by atoms with Gasteiger partial charge in [0.1, 0.15) is 0 Å². The molecule has 0 aliphatic rings. The van der Waals surface area contributed by atoms with E-state index in [1.165, 1.54) is 5.56 Å². The van der Waals surface area contributed by atoms with Crippen molar-refractivity contribution in [2.45, 2.75) is 13.8 Å². The quantitative estimate of drug-likeness (QED) is 0.594. The Bertz CT molecular complexity index is 1090. The van der Waals surface area contributed by atoms with Crippen molar-refractivity contribution in [3.8, 4) is 11.3 Å². The highest BCUT2D eigenvalue weighted by molar-refractivity contribution is 6.13. The molecule has 2 N–H and O–H groups in total. The molecule has 4 aromatic rings. The Morgan fingerprint density at radius 3 is 2.54 bits per heavy atom. The normalized spacial score (nSPS) is 10.8. The number of para-hydroxylation sites is 1. The number of aromatic nitrogens is 5. The SMILES string of the molecule is Cc1ccc(-c2nc3ccccc3c(C(=O)Nc3nn[nH]n3)c2C)cc1. The summed E-state index contributed by atoms with van der Waals surface area (Å²) in [6.45, 7) is 3.94. The third kappa shape index (κ3) is 2.79. The first-order valence-corrected chi connectivity index (χ1v) is 8.14. The highest BCUT2D eigenvalue weighted by Gasteiger charge is 2.19. The second-order valence-corrected chi connectivity index (χ2v) is 6.03. The van der Waals surface area contributed by atoms with Crippen LogP contribution >= 0.6 is 0 Å². The average Bonchev–Trinajstić information content (AvgIpc) is 3.15. The molecule has 0 saturated carbocycles. The van der Waals surface area contributed by atoms with E-state index in [-0.39, 0.29) is 11.9 Å². The molecule has 2 aromatic heterocycles. The summed E-state index contributed by atoms with van der Waals surface area (Å²) >= 11 is 0. The molecule has 26 heavy (non-hydrogen) atoms. The zero-order valence-electron chi connectivity index (χ0n) is 14.3. The fourth-order valence-electron chi connectivity index (χ4n) is 2.97. The lowest BCUT2D eigenvalue weighted by Gasteiger charge is -2.14. The van der Waals surface area contributed by atoms with E-state index < -0.39 is 0 Å². The Balaban J connectivity index is 1.91. The van der Waals surface area contributed by atoms with Crippen LogP contribution in [0.5, 0.6) is 0 Å². The maximum absolute atomic E-state index is 12.9. The molecule has 128 valence electrons. The summed E-state index contributed by atoms with van der Waals surface area (Å²) in [7, 11) is 0. The third-order valence-electron chi connectivity index (χ3n) is 4.26. The predicted molar refractivity (Wildman–Crippen MR) is 98.8 cm³/mol. The molecule has 7 nitrogen and oxygen atoms in total. The van der Waals surface area contributed by atoms with Crippen molar-refractivity contribution in [3.63, 3.8) is 0 Å². The molecule has 1 amide bonds. The number of aromatic amines is 1. The van der Waals surface area contributed by atoms with Crippen LogP contribution in [0.15, 0.2) is 48.5 Å². The number of hydrogen-bond donors (Lipinski definition) is 2. The first-order chi connectivity index (χ1) is 12.6. The molecule has 0 atom stereocenters. The number of H-pyrrole nitrogens is 1. The minimum absolute atomic E-state index is 0.132. The number of carbonyl (C=O) groups is 1. The molecule has 2 aromatic carbocycles. The number of rotatable bonds is 3. The van der Waals surface area contributed by atoms with E-state index in [0.29, 0.717) is 5.56 Å². The summed E-state index contributed by atoms with van der Waals surface area (Å²) in [6.07, 6.45) is 0. The van der Waals surface area contributed by atoms with E-state index in [0.717, 1.165) is 27.7 Å². The van der Waals surface area contributed by atoms with Crippen LogP contribution in [0.3, 0.4) is 0 Å². The molecule has 0 unspecified atom stereocenters. The number of aryl methyl sites for hydroxylation is 1. The molecule has 4 rings (SSSR count). The maximum atomic E-state index is 12.9. The Labute approximate surface area is 149 Å². The van der Waals surface area contributed by atoms with Gasteiger partial charge < -0.3 is 0 Å². The van der Waals surface area contributed by atoms with Crippen LogP contribution in [0.1, 0.15) is 21.5 Å². The Hall–Kier alpha value is -3.61. The number of benzene rings is 2. The minimum Gasteiger partial charge on any atom is -0.288 e. The fourth-order valence-corrected chi connectivity index (χ4v) is 2.97. The molecular formula is C19H16N6O. The summed E-state index contributed by atoms with van der Waals surface area (Å²) in [5.41, 5.74) is 5.02. The molecule has 2 heterocycles. The summed E-state index contributed by atoms with van der Waals surface area (Å²) in [5.74, 6) is -0.164. The van der Waals surface area contributed by atoms with Gasteiger partial charge in [-0.3, -0.25) is 10.1 Å². The van der Waals surface area contributed by atoms with Gasteiger partial charge in [-0.2, -0.15) is 5.21 Å². The standard InChI is InChI=1S/C19H16N6O/c1-11-7-9-13(10-8-11)17-12(2)16(14-5-3-4-6-15(14)20-17)18(26)21-19-22-24-25-23-19/h3-10H,1-2H3,(H2,21,22,23,24,25,26). The van der Waals surface area contributed by atoms with Crippen molar-refractivity contribution in [1.29, 1.82) is 0 Å². The second kappa shape index (κ2) is 6.36. The number of fused-ring (bicyclic) bond motifs is 1. The maximum Gasteiger partial charge on any atom is 0.270 e. The molecule has 0 saturated heterocycles. The van der Waals surface area contributed by atoms with Gasteiger partial charge in [0.05, 0.1) is 16.8 Å². The molecule has 0 radical (unpaired) electrons.